The molecule has 4 nitrogen and oxygen atoms in total. The molecule has 1 heterocycles. The normalized spacial score (nSPS) is 12.8. The summed E-state index contributed by atoms with van der Waals surface area (Å²) in [6.07, 6.45) is 5.94. The minimum atomic E-state index is -0.901. The quantitative estimate of drug-likeness (QED) is 0.770. The Morgan fingerprint density at radius 3 is 2.88 bits per heavy atom. The van der Waals surface area contributed by atoms with Gasteiger partial charge in [-0.3, -0.25) is 4.79 Å². The molecule has 0 spiro atoms. The molecule has 17 heavy (non-hydrogen) atoms. The van der Waals surface area contributed by atoms with E-state index >= 15 is 0 Å². The summed E-state index contributed by atoms with van der Waals surface area (Å²) >= 11 is 0. The van der Waals surface area contributed by atoms with Crippen molar-refractivity contribution in [3.05, 3.63) is 35.7 Å². The number of hydrogen-bond acceptors (Lipinski definition) is 3. The van der Waals surface area contributed by atoms with Crippen LogP contribution in [0.5, 0.6) is 0 Å². The largest absolute Gasteiger partial charge is 0.481 e. The molecular weight excluding hydrogens is 218 g/mol. The molecule has 0 amide bonds. The molecular formula is C13H17NO3. The molecule has 1 aromatic rings. The van der Waals surface area contributed by atoms with Crippen molar-refractivity contribution in [2.75, 3.05) is 0 Å². The monoisotopic (exact) mass is 235 g/mol. The lowest BCUT2D eigenvalue weighted by Crippen LogP contribution is -2.05. The van der Waals surface area contributed by atoms with Crippen LogP contribution in [0.15, 0.2) is 23.3 Å². The third-order valence-electron chi connectivity index (χ3n) is 2.64. The molecule has 1 rings (SSSR count). The highest BCUT2D eigenvalue weighted by Crippen LogP contribution is 2.27. The first-order valence-corrected chi connectivity index (χ1v) is 5.59. The molecule has 1 atom stereocenters. The van der Waals surface area contributed by atoms with E-state index in [1.165, 1.54) is 0 Å². The van der Waals surface area contributed by atoms with Crippen molar-refractivity contribution in [2.24, 2.45) is 0 Å². The zero-order valence-electron chi connectivity index (χ0n) is 10.1. The van der Waals surface area contributed by atoms with Crippen LogP contribution in [-0.4, -0.2) is 16.2 Å². The molecule has 0 bridgehead atoms. The Morgan fingerprint density at radius 1 is 1.65 bits per heavy atom. The summed E-state index contributed by atoms with van der Waals surface area (Å²) in [6, 6.07) is 0. The molecule has 1 unspecified atom stereocenters. The van der Waals surface area contributed by atoms with E-state index in [-0.39, 0.29) is 12.3 Å². The van der Waals surface area contributed by atoms with Crippen molar-refractivity contribution >= 4 is 12.0 Å². The van der Waals surface area contributed by atoms with Gasteiger partial charge in [-0.05, 0) is 18.4 Å². The van der Waals surface area contributed by atoms with Gasteiger partial charge in [0.05, 0.1) is 12.1 Å². The Morgan fingerprint density at radius 2 is 2.35 bits per heavy atom. The van der Waals surface area contributed by atoms with E-state index < -0.39 is 5.97 Å². The predicted molar refractivity (Wildman–Crippen MR) is 65.8 cm³/mol. The van der Waals surface area contributed by atoms with Crippen molar-refractivity contribution in [3.63, 3.8) is 0 Å². The highest BCUT2D eigenvalue weighted by atomic mass is 16.5. The number of nitrogens with zero attached hydrogens (tertiary/aromatic N) is 1. The number of hydrogen-bond donors (Lipinski definition) is 1. The van der Waals surface area contributed by atoms with Gasteiger partial charge in [0.25, 0.3) is 0 Å². The summed E-state index contributed by atoms with van der Waals surface area (Å²) in [5, 5.41) is 12.7. The van der Waals surface area contributed by atoms with Crippen LogP contribution in [-0.2, 0) is 11.2 Å². The first-order chi connectivity index (χ1) is 8.10. The van der Waals surface area contributed by atoms with Crippen molar-refractivity contribution < 1.29 is 14.4 Å². The van der Waals surface area contributed by atoms with Crippen molar-refractivity contribution in [1.29, 1.82) is 0 Å². The second-order valence-electron chi connectivity index (χ2n) is 3.88. The van der Waals surface area contributed by atoms with Gasteiger partial charge in [-0.2, -0.15) is 0 Å². The number of aromatic nitrogens is 1. The van der Waals surface area contributed by atoms with E-state index in [0.29, 0.717) is 11.5 Å². The molecule has 0 aliphatic carbocycles. The van der Waals surface area contributed by atoms with E-state index in [1.807, 2.05) is 13.8 Å². The minimum Gasteiger partial charge on any atom is -0.481 e. The smallest absolute Gasteiger partial charge is 0.309 e. The van der Waals surface area contributed by atoms with E-state index in [2.05, 4.69) is 11.7 Å². The van der Waals surface area contributed by atoms with E-state index in [9.17, 15) is 4.79 Å². The van der Waals surface area contributed by atoms with Crippen LogP contribution in [0.25, 0.3) is 6.08 Å². The van der Waals surface area contributed by atoms with Crippen LogP contribution in [0.2, 0.25) is 0 Å². The zero-order valence-corrected chi connectivity index (χ0v) is 10.1. The number of carbonyl (C=O) groups is 1. The summed E-state index contributed by atoms with van der Waals surface area (Å²) in [5.41, 5.74) is 1.39. The van der Waals surface area contributed by atoms with Crippen molar-refractivity contribution in [2.45, 2.75) is 32.6 Å². The van der Waals surface area contributed by atoms with E-state index in [4.69, 9.17) is 9.63 Å². The molecule has 1 aromatic heterocycles. The van der Waals surface area contributed by atoms with Crippen LogP contribution in [0.1, 0.15) is 43.2 Å². The molecule has 4 heteroatoms. The van der Waals surface area contributed by atoms with Gasteiger partial charge in [0, 0.05) is 5.56 Å². The van der Waals surface area contributed by atoms with Crippen LogP contribution in [0.3, 0.4) is 0 Å². The van der Waals surface area contributed by atoms with Crippen LogP contribution < -0.4 is 0 Å². The Labute approximate surface area is 101 Å². The zero-order chi connectivity index (χ0) is 12.8. The average Bonchev–Trinajstić information content (AvgIpc) is 2.67. The summed E-state index contributed by atoms with van der Waals surface area (Å²) in [5.74, 6) is -0.0577. The summed E-state index contributed by atoms with van der Waals surface area (Å²) in [7, 11) is 0. The molecule has 0 radical (unpaired) electrons. The standard InChI is InChI=1S/C13H17NO3/c1-4-6-7-11-13(9(3)5-2)10(14-17-11)8-12(15)16/h4,6-7,9H,1,5,8H2,2-3H3,(H,15,16)/b7-6-. The molecule has 0 fully saturated rings. The second kappa shape index (κ2) is 6.03. The van der Waals surface area contributed by atoms with Gasteiger partial charge in [0.15, 0.2) is 5.76 Å². The molecule has 0 saturated heterocycles. The minimum absolute atomic E-state index is 0.106. The topological polar surface area (TPSA) is 63.3 Å². The van der Waals surface area contributed by atoms with Crippen LogP contribution in [0, 0.1) is 0 Å². The van der Waals surface area contributed by atoms with Gasteiger partial charge in [0.1, 0.15) is 0 Å². The average molecular weight is 235 g/mol. The predicted octanol–water partition coefficient (Wildman–Crippen LogP) is 3.01. The van der Waals surface area contributed by atoms with Crippen LogP contribution in [0.4, 0.5) is 0 Å². The van der Waals surface area contributed by atoms with Crippen molar-refractivity contribution in [3.8, 4) is 0 Å². The fraction of sp³-hybridized carbons (Fsp3) is 0.385. The van der Waals surface area contributed by atoms with E-state index in [0.717, 1.165) is 12.0 Å². The fourth-order valence-corrected chi connectivity index (χ4v) is 1.62. The maximum Gasteiger partial charge on any atom is 0.309 e. The lowest BCUT2D eigenvalue weighted by molar-refractivity contribution is -0.136. The molecule has 1 N–H and O–H groups in total. The third kappa shape index (κ3) is 3.31. The Hall–Kier alpha value is -1.84. The molecule has 0 aliphatic rings. The number of rotatable bonds is 6. The maximum absolute atomic E-state index is 10.7. The maximum atomic E-state index is 10.7. The van der Waals surface area contributed by atoms with Gasteiger partial charge in [0.2, 0.25) is 0 Å². The lowest BCUT2D eigenvalue weighted by Gasteiger charge is -2.07. The van der Waals surface area contributed by atoms with E-state index in [1.54, 1.807) is 18.2 Å². The summed E-state index contributed by atoms with van der Waals surface area (Å²) in [4.78, 5) is 10.7. The Balaban J connectivity index is 3.14. The van der Waals surface area contributed by atoms with Gasteiger partial charge in [-0.25, -0.2) is 0 Å². The number of aliphatic carboxylic acids is 1. The van der Waals surface area contributed by atoms with Gasteiger partial charge >= 0.3 is 5.97 Å². The summed E-state index contributed by atoms with van der Waals surface area (Å²) < 4.78 is 5.17. The van der Waals surface area contributed by atoms with Crippen molar-refractivity contribution in [1.82, 2.24) is 5.16 Å². The molecule has 92 valence electrons. The number of carboxylic acid groups (broad SMARTS) is 1. The highest BCUT2D eigenvalue weighted by Gasteiger charge is 2.20. The van der Waals surface area contributed by atoms with Gasteiger partial charge in [-0.15, -0.1) is 0 Å². The number of carboxylic acids is 1. The molecule has 0 saturated carbocycles. The Kier molecular flexibility index (Phi) is 4.69. The van der Waals surface area contributed by atoms with Crippen LogP contribution >= 0.6 is 0 Å². The van der Waals surface area contributed by atoms with Gasteiger partial charge < -0.3 is 9.63 Å². The highest BCUT2D eigenvalue weighted by molar-refractivity contribution is 5.70. The van der Waals surface area contributed by atoms with Gasteiger partial charge in [-0.1, -0.05) is 37.7 Å². The third-order valence-corrected chi connectivity index (χ3v) is 2.64. The summed E-state index contributed by atoms with van der Waals surface area (Å²) in [6.45, 7) is 7.66. The first-order valence-electron chi connectivity index (χ1n) is 5.59. The molecule has 0 aromatic carbocycles. The number of allylic oxidation sites excluding steroid dienone is 2. The fourth-order valence-electron chi connectivity index (χ4n) is 1.62. The second-order valence-corrected chi connectivity index (χ2v) is 3.88. The molecule has 0 aliphatic heterocycles. The Bertz CT molecular complexity index is 432. The SMILES string of the molecule is C=C/C=C\c1onc(CC(=O)O)c1C(C)CC. The first kappa shape index (κ1) is 13.2. The lowest BCUT2D eigenvalue weighted by atomic mass is 9.95.